The molecule has 0 heteroatoms. The third-order valence-electron chi connectivity index (χ3n) is 10.7. The summed E-state index contributed by atoms with van der Waals surface area (Å²) in [6.07, 6.45) is 10.3. The van der Waals surface area contributed by atoms with Gasteiger partial charge < -0.3 is 0 Å². The second-order valence-electron chi connectivity index (χ2n) is 13.8. The molecule has 0 nitrogen and oxygen atoms in total. The largest absolute Gasteiger partial charge is 0.0987 e. The van der Waals surface area contributed by atoms with E-state index in [1.807, 2.05) is 18.2 Å². The summed E-state index contributed by atoms with van der Waals surface area (Å²) in [5.74, 6) is 0. The van der Waals surface area contributed by atoms with E-state index in [1.54, 1.807) is 0 Å². The Morgan fingerprint density at radius 3 is 1.72 bits per heavy atom. The number of benzene rings is 7. The minimum Gasteiger partial charge on any atom is -0.0987 e. The summed E-state index contributed by atoms with van der Waals surface area (Å²) in [5, 5.41) is 7.32. The lowest BCUT2D eigenvalue weighted by Crippen LogP contribution is -2.16. The number of hydrogen-bond donors (Lipinski definition) is 0. The number of allylic oxidation sites excluding steroid dienone is 5. The van der Waals surface area contributed by atoms with Crippen LogP contribution in [0.25, 0.3) is 83.4 Å². The predicted octanol–water partition coefficient (Wildman–Crippen LogP) is 14.2. The van der Waals surface area contributed by atoms with Crippen LogP contribution in [0.2, 0.25) is 0 Å². The van der Waals surface area contributed by atoms with Gasteiger partial charge in [0.25, 0.3) is 0 Å². The smallest absolute Gasteiger partial charge is 0.0158 e. The number of fused-ring (bicyclic) bond motifs is 5. The van der Waals surface area contributed by atoms with Crippen LogP contribution in [-0.4, -0.2) is 0 Å². The second kappa shape index (κ2) is 12.2. The van der Waals surface area contributed by atoms with Crippen molar-refractivity contribution in [1.29, 1.82) is 0 Å². The average molecular weight is 641 g/mol. The van der Waals surface area contributed by atoms with E-state index in [0.29, 0.717) is 0 Å². The molecule has 0 heterocycles. The van der Waals surface area contributed by atoms with Crippen molar-refractivity contribution in [3.8, 4) is 33.4 Å². The van der Waals surface area contributed by atoms with Gasteiger partial charge in [0.05, 0.1) is 0 Å². The van der Waals surface area contributed by atoms with E-state index < -0.39 is 0 Å². The Bertz CT molecular complexity index is 2600. The molecule has 0 unspecified atom stereocenters. The van der Waals surface area contributed by atoms with Crippen LogP contribution in [-0.2, 0) is 5.41 Å². The molecule has 0 saturated heterocycles. The lowest BCUT2D eigenvalue weighted by atomic mass is 9.80. The summed E-state index contributed by atoms with van der Waals surface area (Å²) in [4.78, 5) is 0. The summed E-state index contributed by atoms with van der Waals surface area (Å²) in [5.41, 5.74) is 14.6. The third kappa shape index (κ3) is 4.91. The van der Waals surface area contributed by atoms with Gasteiger partial charge in [-0.25, -0.2) is 0 Å². The van der Waals surface area contributed by atoms with Crippen molar-refractivity contribution < 1.29 is 0 Å². The Morgan fingerprint density at radius 1 is 0.500 bits per heavy atom. The van der Waals surface area contributed by atoms with Crippen molar-refractivity contribution in [2.24, 2.45) is 0 Å². The van der Waals surface area contributed by atoms with Crippen LogP contribution in [0.5, 0.6) is 0 Å². The highest BCUT2D eigenvalue weighted by molar-refractivity contribution is 6.14. The standard InChI is InChI=1S/C50H40/c1-7-14-44-45-26-24-38(31-48(45)50(5,6)47(44)10-4)36-20-19-33-27-35(18-17-34(33)28-36)37-23-25-43-39(29-37)21-22-40-30-46(32-15-12-11-13-16-32)41(8-2)42(9-3)49(40)43/h7-31H,2-4H2,1,5-6H3/b14-7-. The molecular weight excluding hydrogens is 601 g/mol. The molecule has 1 aliphatic rings. The topological polar surface area (TPSA) is 0 Å². The van der Waals surface area contributed by atoms with E-state index in [1.165, 1.54) is 88.0 Å². The maximum atomic E-state index is 4.23. The highest BCUT2D eigenvalue weighted by atomic mass is 14.4. The first kappa shape index (κ1) is 31.3. The van der Waals surface area contributed by atoms with E-state index in [9.17, 15) is 0 Å². The minimum atomic E-state index is -0.0911. The molecule has 7 aromatic carbocycles. The Labute approximate surface area is 295 Å². The van der Waals surface area contributed by atoms with Gasteiger partial charge in [-0.1, -0.05) is 155 Å². The SMILES string of the molecule is C=CC1=C(/C=C\C)c2ccc(-c3ccc4cc(-c5ccc6c(ccc7cc(-c8ccccc8)c(C=C)c(C=C)c76)c5)ccc4c3)cc2C1(C)C. The number of hydrogen-bond acceptors (Lipinski definition) is 0. The van der Waals surface area contributed by atoms with E-state index in [0.717, 1.165) is 11.1 Å². The van der Waals surface area contributed by atoms with Gasteiger partial charge >= 0.3 is 0 Å². The van der Waals surface area contributed by atoms with Crippen molar-refractivity contribution in [3.63, 3.8) is 0 Å². The monoisotopic (exact) mass is 640 g/mol. The Kier molecular flexibility index (Phi) is 7.61. The van der Waals surface area contributed by atoms with Crippen molar-refractivity contribution in [3.05, 3.63) is 187 Å². The number of rotatable bonds is 7. The van der Waals surface area contributed by atoms with Crippen LogP contribution in [0, 0.1) is 0 Å². The molecular formula is C50H40. The molecule has 0 amide bonds. The summed E-state index contributed by atoms with van der Waals surface area (Å²) in [6, 6.07) is 44.7. The highest BCUT2D eigenvalue weighted by Gasteiger charge is 2.35. The lowest BCUT2D eigenvalue weighted by Gasteiger charge is -2.23. The van der Waals surface area contributed by atoms with E-state index in [4.69, 9.17) is 0 Å². The lowest BCUT2D eigenvalue weighted by molar-refractivity contribution is 0.655. The average Bonchev–Trinajstić information content (AvgIpc) is 3.37. The van der Waals surface area contributed by atoms with Gasteiger partial charge in [0.1, 0.15) is 0 Å². The molecule has 0 fully saturated rings. The third-order valence-corrected chi connectivity index (χ3v) is 10.7. The van der Waals surface area contributed by atoms with Crippen molar-refractivity contribution >= 4 is 50.0 Å². The molecule has 0 aromatic heterocycles. The summed E-state index contributed by atoms with van der Waals surface area (Å²) in [7, 11) is 0. The zero-order valence-electron chi connectivity index (χ0n) is 29.1. The molecule has 0 aliphatic heterocycles. The molecule has 0 bridgehead atoms. The molecule has 0 radical (unpaired) electrons. The maximum Gasteiger partial charge on any atom is 0.0158 e. The molecule has 50 heavy (non-hydrogen) atoms. The van der Waals surface area contributed by atoms with Gasteiger partial charge in [0, 0.05) is 5.41 Å². The first-order valence-electron chi connectivity index (χ1n) is 17.4. The fraction of sp³-hybridized carbons (Fsp3) is 0.0800. The fourth-order valence-electron chi connectivity index (χ4n) is 8.17. The molecule has 1 aliphatic carbocycles. The molecule has 240 valence electrons. The molecule has 0 atom stereocenters. The Hall–Kier alpha value is -5.98. The van der Waals surface area contributed by atoms with Crippen LogP contribution in [0.15, 0.2) is 165 Å². The van der Waals surface area contributed by atoms with Gasteiger partial charge in [-0.2, -0.15) is 0 Å². The summed E-state index contributed by atoms with van der Waals surface area (Å²) in [6.45, 7) is 19.3. The predicted molar refractivity (Wildman–Crippen MR) is 220 cm³/mol. The van der Waals surface area contributed by atoms with Crippen molar-refractivity contribution in [2.75, 3.05) is 0 Å². The van der Waals surface area contributed by atoms with E-state index in [2.05, 4.69) is 174 Å². The summed E-state index contributed by atoms with van der Waals surface area (Å²) < 4.78 is 0. The molecule has 7 aromatic rings. The van der Waals surface area contributed by atoms with E-state index >= 15 is 0 Å². The second-order valence-corrected chi connectivity index (χ2v) is 13.8. The van der Waals surface area contributed by atoms with Crippen molar-refractivity contribution in [2.45, 2.75) is 26.2 Å². The quantitative estimate of drug-likeness (QED) is 0.152. The first-order valence-corrected chi connectivity index (χ1v) is 17.4. The molecule has 0 saturated carbocycles. The Balaban J connectivity index is 1.16. The zero-order chi connectivity index (χ0) is 34.6. The van der Waals surface area contributed by atoms with Gasteiger partial charge in [0.15, 0.2) is 0 Å². The Morgan fingerprint density at radius 2 is 1.08 bits per heavy atom. The van der Waals surface area contributed by atoms with Crippen LogP contribution >= 0.6 is 0 Å². The van der Waals surface area contributed by atoms with E-state index in [-0.39, 0.29) is 5.41 Å². The van der Waals surface area contributed by atoms with Gasteiger partial charge in [-0.15, -0.1) is 0 Å². The van der Waals surface area contributed by atoms with Gasteiger partial charge in [-0.05, 0) is 136 Å². The van der Waals surface area contributed by atoms with Crippen LogP contribution < -0.4 is 0 Å². The normalized spacial score (nSPS) is 13.7. The molecule has 8 rings (SSSR count). The first-order chi connectivity index (χ1) is 24.4. The fourth-order valence-corrected chi connectivity index (χ4v) is 8.17. The van der Waals surface area contributed by atoms with Crippen LogP contribution in [0.4, 0.5) is 0 Å². The highest BCUT2D eigenvalue weighted by Crippen LogP contribution is 2.48. The van der Waals surface area contributed by atoms with Crippen LogP contribution in [0.3, 0.4) is 0 Å². The van der Waals surface area contributed by atoms with Gasteiger partial charge in [-0.3, -0.25) is 0 Å². The van der Waals surface area contributed by atoms with Crippen molar-refractivity contribution in [1.82, 2.24) is 0 Å². The summed E-state index contributed by atoms with van der Waals surface area (Å²) >= 11 is 0. The van der Waals surface area contributed by atoms with Gasteiger partial charge in [0.2, 0.25) is 0 Å². The maximum absolute atomic E-state index is 4.23. The molecule has 0 spiro atoms. The van der Waals surface area contributed by atoms with Crippen LogP contribution in [0.1, 0.15) is 43.0 Å². The molecule has 0 N–H and O–H groups in total. The minimum absolute atomic E-state index is 0.0911. The zero-order valence-corrected chi connectivity index (χ0v) is 29.1.